The summed E-state index contributed by atoms with van der Waals surface area (Å²) in [5, 5.41) is 13.0. The van der Waals surface area contributed by atoms with Crippen molar-refractivity contribution in [2.45, 2.75) is 12.6 Å². The Hall–Kier alpha value is -1.88. The van der Waals surface area contributed by atoms with Gasteiger partial charge in [-0.15, -0.1) is 0 Å². The van der Waals surface area contributed by atoms with Crippen molar-refractivity contribution in [1.82, 2.24) is 5.01 Å². The number of amidine groups is 1. The van der Waals surface area contributed by atoms with E-state index in [-0.39, 0.29) is 0 Å². The molecule has 5 heteroatoms. The Morgan fingerprint density at radius 2 is 1.70 bits per heavy atom. The molecular weight excluding hydrogens is 274 g/mol. The Bertz CT molecular complexity index is 701. The summed E-state index contributed by atoms with van der Waals surface area (Å²) >= 11 is 6.24. The van der Waals surface area contributed by atoms with Crippen molar-refractivity contribution in [3.8, 4) is 0 Å². The molecule has 3 N–H and O–H groups in total. The monoisotopic (exact) mass is 287 g/mol. The van der Waals surface area contributed by atoms with Gasteiger partial charge in [-0.3, -0.25) is 5.01 Å². The Morgan fingerprint density at radius 3 is 2.40 bits per heavy atom. The largest absolute Gasteiger partial charge is 0.362 e. The van der Waals surface area contributed by atoms with E-state index in [2.05, 4.69) is 4.99 Å². The SMILES string of the molecule is CC1=Nc2ccccc2C(O)(c2ccccc2Cl)N1N. The highest BCUT2D eigenvalue weighted by molar-refractivity contribution is 6.31. The highest BCUT2D eigenvalue weighted by atomic mass is 35.5. The smallest absolute Gasteiger partial charge is 0.209 e. The molecule has 2 aromatic carbocycles. The second-order valence-corrected chi connectivity index (χ2v) is 5.11. The number of aliphatic hydroxyl groups is 1. The lowest BCUT2D eigenvalue weighted by Gasteiger charge is -2.41. The van der Waals surface area contributed by atoms with Gasteiger partial charge in [-0.05, 0) is 19.1 Å². The molecule has 0 radical (unpaired) electrons. The number of benzene rings is 2. The number of nitrogens with two attached hydrogens (primary N) is 1. The lowest BCUT2D eigenvalue weighted by atomic mass is 9.91. The van der Waals surface area contributed by atoms with Gasteiger partial charge in [0.05, 0.1) is 5.69 Å². The lowest BCUT2D eigenvalue weighted by Crippen LogP contribution is -2.55. The Morgan fingerprint density at radius 1 is 1.10 bits per heavy atom. The van der Waals surface area contributed by atoms with E-state index in [1.807, 2.05) is 30.3 Å². The van der Waals surface area contributed by atoms with E-state index in [1.165, 1.54) is 5.01 Å². The minimum atomic E-state index is -1.53. The molecule has 0 bridgehead atoms. The third-order valence-electron chi connectivity index (χ3n) is 3.51. The molecule has 0 amide bonds. The van der Waals surface area contributed by atoms with Crippen molar-refractivity contribution < 1.29 is 5.11 Å². The zero-order valence-corrected chi connectivity index (χ0v) is 11.7. The Labute approximate surface area is 122 Å². The Kier molecular flexibility index (Phi) is 3.01. The van der Waals surface area contributed by atoms with Gasteiger partial charge in [0.25, 0.3) is 0 Å². The molecule has 2 aromatic rings. The minimum absolute atomic E-state index is 0.454. The van der Waals surface area contributed by atoms with Gasteiger partial charge in [-0.2, -0.15) is 0 Å². The third-order valence-corrected chi connectivity index (χ3v) is 3.84. The summed E-state index contributed by atoms with van der Waals surface area (Å²) in [5.41, 5.74) is 0.307. The highest BCUT2D eigenvalue weighted by Crippen LogP contribution is 2.42. The number of hydrazine groups is 1. The molecule has 1 heterocycles. The molecule has 0 fully saturated rings. The summed E-state index contributed by atoms with van der Waals surface area (Å²) < 4.78 is 0. The van der Waals surface area contributed by atoms with Gasteiger partial charge in [-0.1, -0.05) is 48.0 Å². The van der Waals surface area contributed by atoms with Crippen molar-refractivity contribution >= 4 is 23.1 Å². The molecule has 1 aliphatic heterocycles. The summed E-state index contributed by atoms with van der Waals surface area (Å²) in [6, 6.07) is 14.5. The quantitative estimate of drug-likeness (QED) is 0.793. The first kappa shape index (κ1) is 13.1. The van der Waals surface area contributed by atoms with Crippen molar-refractivity contribution in [1.29, 1.82) is 0 Å². The maximum atomic E-state index is 11.3. The zero-order valence-electron chi connectivity index (χ0n) is 10.9. The molecule has 1 unspecified atom stereocenters. The lowest BCUT2D eigenvalue weighted by molar-refractivity contribution is -0.0410. The van der Waals surface area contributed by atoms with Crippen LogP contribution in [0.5, 0.6) is 0 Å². The summed E-state index contributed by atoms with van der Waals surface area (Å²) in [7, 11) is 0. The third kappa shape index (κ3) is 1.73. The fraction of sp³-hybridized carbons (Fsp3) is 0.133. The van der Waals surface area contributed by atoms with Crippen LogP contribution in [0, 0.1) is 0 Å². The number of nitrogens with zero attached hydrogens (tertiary/aromatic N) is 2. The molecular formula is C15H14ClN3O. The molecule has 1 aliphatic rings. The molecule has 1 atom stereocenters. The first-order valence-corrected chi connectivity index (χ1v) is 6.60. The molecule has 3 rings (SSSR count). The predicted molar refractivity (Wildman–Crippen MR) is 79.7 cm³/mol. The van der Waals surface area contributed by atoms with E-state index < -0.39 is 5.72 Å². The van der Waals surface area contributed by atoms with Gasteiger partial charge in [-0.25, -0.2) is 10.8 Å². The van der Waals surface area contributed by atoms with Crippen LogP contribution in [0.25, 0.3) is 0 Å². The summed E-state index contributed by atoms with van der Waals surface area (Å²) in [6.45, 7) is 1.75. The molecule has 0 saturated carbocycles. The van der Waals surface area contributed by atoms with Gasteiger partial charge >= 0.3 is 0 Å². The molecule has 20 heavy (non-hydrogen) atoms. The molecule has 0 saturated heterocycles. The van der Waals surface area contributed by atoms with Crippen molar-refractivity contribution in [2.24, 2.45) is 10.8 Å². The second-order valence-electron chi connectivity index (χ2n) is 4.70. The van der Waals surface area contributed by atoms with Crippen LogP contribution < -0.4 is 5.84 Å². The van der Waals surface area contributed by atoms with E-state index >= 15 is 0 Å². The zero-order chi connectivity index (χ0) is 14.3. The number of fused-ring (bicyclic) bond motifs is 1. The second kappa shape index (κ2) is 4.59. The van der Waals surface area contributed by atoms with E-state index in [1.54, 1.807) is 25.1 Å². The average Bonchev–Trinajstić information content (AvgIpc) is 2.45. The van der Waals surface area contributed by atoms with Crippen molar-refractivity contribution in [3.63, 3.8) is 0 Å². The molecule has 0 aromatic heterocycles. The van der Waals surface area contributed by atoms with Gasteiger partial charge in [0, 0.05) is 16.1 Å². The van der Waals surface area contributed by atoms with Gasteiger partial charge in [0.1, 0.15) is 5.84 Å². The van der Waals surface area contributed by atoms with Gasteiger partial charge in [0.2, 0.25) is 5.72 Å². The van der Waals surface area contributed by atoms with E-state index in [0.717, 1.165) is 0 Å². The number of hydrogen-bond donors (Lipinski definition) is 2. The highest BCUT2D eigenvalue weighted by Gasteiger charge is 2.43. The Balaban J connectivity index is 2.32. The van der Waals surface area contributed by atoms with Crippen LogP contribution in [-0.2, 0) is 5.72 Å². The predicted octanol–water partition coefficient (Wildman–Crippen LogP) is 2.77. The number of aliphatic imine (C=N–C) groups is 1. The van der Waals surface area contributed by atoms with E-state index in [9.17, 15) is 5.11 Å². The summed E-state index contributed by atoms with van der Waals surface area (Å²) in [4.78, 5) is 4.39. The average molecular weight is 288 g/mol. The molecule has 102 valence electrons. The van der Waals surface area contributed by atoms with E-state index in [4.69, 9.17) is 17.4 Å². The normalized spacial score (nSPS) is 21.4. The summed E-state index contributed by atoms with van der Waals surface area (Å²) in [5.74, 6) is 6.59. The van der Waals surface area contributed by atoms with Gasteiger partial charge < -0.3 is 5.11 Å². The topological polar surface area (TPSA) is 61.9 Å². The standard InChI is InChI=1S/C15H14ClN3O/c1-10-18-14-9-5-3-7-12(14)15(20,19(10)17)11-6-2-4-8-13(11)16/h2-9,20H,17H2,1H3. The fourth-order valence-corrected chi connectivity index (χ4v) is 2.74. The molecule has 4 nitrogen and oxygen atoms in total. The summed E-state index contributed by atoms with van der Waals surface area (Å²) in [6.07, 6.45) is 0. The van der Waals surface area contributed by atoms with Gasteiger partial charge in [0.15, 0.2) is 0 Å². The van der Waals surface area contributed by atoms with Crippen LogP contribution in [0.2, 0.25) is 5.02 Å². The maximum absolute atomic E-state index is 11.3. The minimum Gasteiger partial charge on any atom is -0.362 e. The van der Waals surface area contributed by atoms with E-state index in [0.29, 0.717) is 27.7 Å². The van der Waals surface area contributed by atoms with Crippen molar-refractivity contribution in [2.75, 3.05) is 0 Å². The number of rotatable bonds is 1. The fourth-order valence-electron chi connectivity index (χ4n) is 2.48. The van der Waals surface area contributed by atoms with Crippen LogP contribution in [-0.4, -0.2) is 16.0 Å². The molecule has 0 spiro atoms. The van der Waals surface area contributed by atoms with Crippen molar-refractivity contribution in [3.05, 3.63) is 64.7 Å². The first-order valence-electron chi connectivity index (χ1n) is 6.22. The number of hydrogen-bond acceptors (Lipinski definition) is 4. The van der Waals surface area contributed by atoms with Crippen LogP contribution in [0.1, 0.15) is 18.1 Å². The number of halogens is 1. The first-order chi connectivity index (χ1) is 9.55. The van der Waals surface area contributed by atoms with Crippen LogP contribution in [0.3, 0.4) is 0 Å². The van der Waals surface area contributed by atoms with Crippen LogP contribution in [0.4, 0.5) is 5.69 Å². The van der Waals surface area contributed by atoms with Crippen LogP contribution in [0.15, 0.2) is 53.5 Å². The van der Waals surface area contributed by atoms with Crippen LogP contribution >= 0.6 is 11.6 Å². The maximum Gasteiger partial charge on any atom is 0.209 e. The molecule has 0 aliphatic carbocycles. The number of para-hydroxylation sites is 1.